The molecule has 0 bridgehead atoms. The van der Waals surface area contributed by atoms with E-state index in [2.05, 4.69) is 35.1 Å². The first kappa shape index (κ1) is 21.0. The molecule has 2 heterocycles. The Balaban J connectivity index is 1.91. The van der Waals surface area contributed by atoms with Crippen LogP contribution in [0.2, 0.25) is 0 Å². The van der Waals surface area contributed by atoms with Crippen molar-refractivity contribution in [1.82, 2.24) is 5.32 Å². The molecule has 1 N–H and O–H groups in total. The molecule has 30 heavy (non-hydrogen) atoms. The van der Waals surface area contributed by atoms with Crippen LogP contribution in [0, 0.1) is 5.41 Å². The number of hydrogen-bond acceptors (Lipinski definition) is 6. The molecule has 1 atom stereocenters. The van der Waals surface area contributed by atoms with Gasteiger partial charge < -0.3 is 19.5 Å². The number of Topliss-reactive ketones (excluding diaryl/α,β-unsaturated/α-hetero) is 1. The van der Waals surface area contributed by atoms with Gasteiger partial charge in [0, 0.05) is 33.8 Å². The zero-order valence-corrected chi connectivity index (χ0v) is 19.4. The highest BCUT2D eigenvalue weighted by Gasteiger charge is 2.44. The van der Waals surface area contributed by atoms with Gasteiger partial charge >= 0.3 is 5.97 Å². The second-order valence-corrected chi connectivity index (χ2v) is 9.97. The highest BCUT2D eigenvalue weighted by molar-refractivity contribution is 9.10. The molecule has 3 aliphatic rings. The van der Waals surface area contributed by atoms with Crippen LogP contribution in [0.15, 0.2) is 39.1 Å². The first-order valence-electron chi connectivity index (χ1n) is 10.1. The van der Waals surface area contributed by atoms with Crippen LogP contribution < -0.4 is 14.8 Å². The lowest BCUT2D eigenvalue weighted by Crippen LogP contribution is -2.39. The lowest BCUT2D eigenvalue weighted by Gasteiger charge is -2.39. The number of halogens is 1. The summed E-state index contributed by atoms with van der Waals surface area (Å²) < 4.78 is 17.4. The van der Waals surface area contributed by atoms with Gasteiger partial charge in [-0.2, -0.15) is 0 Å². The molecule has 1 aliphatic carbocycles. The van der Waals surface area contributed by atoms with Crippen molar-refractivity contribution in [3.05, 3.63) is 44.7 Å². The van der Waals surface area contributed by atoms with Crippen LogP contribution in [-0.4, -0.2) is 24.6 Å². The Morgan fingerprint density at radius 1 is 1.23 bits per heavy atom. The van der Waals surface area contributed by atoms with Crippen LogP contribution in [0.25, 0.3) is 0 Å². The van der Waals surface area contributed by atoms with E-state index in [-0.39, 0.29) is 24.1 Å². The van der Waals surface area contributed by atoms with Gasteiger partial charge in [-0.05, 0) is 50.3 Å². The number of esters is 1. The number of allylic oxidation sites excluding steroid dienone is 3. The van der Waals surface area contributed by atoms with E-state index in [1.807, 2.05) is 32.9 Å². The molecule has 4 rings (SSSR count). The molecule has 0 unspecified atom stereocenters. The standard InChI is InChI=1S/C23H26BrNO5/c1-11(2)30-22(27)19-12(3)25-15-8-23(4,5)9-16(26)21(15)20(19)13-6-17-18(7-14(13)24)29-10-28-17/h6-7,11,20,25H,8-10H2,1-5H3/t20-/m1/s1. The number of ether oxygens (including phenoxy) is 3. The Bertz CT molecular complexity index is 1010. The lowest BCUT2D eigenvalue weighted by molar-refractivity contribution is -0.143. The Hall–Kier alpha value is -2.28. The predicted molar refractivity (Wildman–Crippen MR) is 115 cm³/mol. The fourth-order valence-electron chi connectivity index (χ4n) is 4.45. The van der Waals surface area contributed by atoms with E-state index in [4.69, 9.17) is 14.2 Å². The van der Waals surface area contributed by atoms with Crippen molar-refractivity contribution in [2.24, 2.45) is 5.41 Å². The zero-order chi connectivity index (χ0) is 21.8. The second kappa shape index (κ2) is 7.45. The number of carbonyl (C=O) groups is 2. The Kier molecular flexibility index (Phi) is 5.21. The molecule has 1 aromatic carbocycles. The quantitative estimate of drug-likeness (QED) is 0.636. The van der Waals surface area contributed by atoms with E-state index in [9.17, 15) is 9.59 Å². The molecule has 0 amide bonds. The minimum absolute atomic E-state index is 0.0469. The van der Waals surface area contributed by atoms with Crippen LogP contribution in [0.5, 0.6) is 11.5 Å². The molecule has 0 saturated heterocycles. The molecule has 0 fully saturated rings. The molecule has 160 valence electrons. The SMILES string of the molecule is CC1=C(C(=O)OC(C)C)[C@@H](c2cc3c(cc2Br)OCO3)C2=C(CC(C)(C)CC2=O)N1. The van der Waals surface area contributed by atoms with E-state index in [1.54, 1.807) is 0 Å². The van der Waals surface area contributed by atoms with Crippen molar-refractivity contribution in [2.45, 2.75) is 59.5 Å². The molecule has 2 aliphatic heterocycles. The van der Waals surface area contributed by atoms with E-state index in [0.717, 1.165) is 22.2 Å². The highest BCUT2D eigenvalue weighted by atomic mass is 79.9. The first-order chi connectivity index (χ1) is 14.1. The lowest BCUT2D eigenvalue weighted by atomic mass is 9.68. The smallest absolute Gasteiger partial charge is 0.337 e. The molecular formula is C23H26BrNO5. The van der Waals surface area contributed by atoms with Crippen LogP contribution in [-0.2, 0) is 14.3 Å². The van der Waals surface area contributed by atoms with Crippen molar-refractivity contribution < 1.29 is 23.8 Å². The highest BCUT2D eigenvalue weighted by Crippen LogP contribution is 2.50. The van der Waals surface area contributed by atoms with E-state index in [1.165, 1.54) is 0 Å². The fraction of sp³-hybridized carbons (Fsp3) is 0.478. The van der Waals surface area contributed by atoms with Crippen molar-refractivity contribution in [3.63, 3.8) is 0 Å². The third-order valence-corrected chi connectivity index (χ3v) is 6.29. The van der Waals surface area contributed by atoms with Gasteiger partial charge in [0.25, 0.3) is 0 Å². The minimum Gasteiger partial charge on any atom is -0.460 e. The van der Waals surface area contributed by atoms with Gasteiger partial charge in [-0.25, -0.2) is 4.79 Å². The van der Waals surface area contributed by atoms with Crippen LogP contribution in [0.1, 0.15) is 58.9 Å². The van der Waals surface area contributed by atoms with Crippen molar-refractivity contribution in [1.29, 1.82) is 0 Å². The molecule has 7 heteroatoms. The number of hydrogen-bond donors (Lipinski definition) is 1. The third kappa shape index (κ3) is 3.64. The molecule has 6 nitrogen and oxygen atoms in total. The summed E-state index contributed by atoms with van der Waals surface area (Å²) in [6.07, 6.45) is 0.893. The maximum Gasteiger partial charge on any atom is 0.337 e. The summed E-state index contributed by atoms with van der Waals surface area (Å²) in [5.41, 5.74) is 3.32. The summed E-state index contributed by atoms with van der Waals surface area (Å²) in [5.74, 6) is 0.322. The molecule has 0 radical (unpaired) electrons. The summed E-state index contributed by atoms with van der Waals surface area (Å²) in [4.78, 5) is 26.5. The maximum absolute atomic E-state index is 13.3. The number of fused-ring (bicyclic) bond motifs is 1. The van der Waals surface area contributed by atoms with Crippen LogP contribution in [0.4, 0.5) is 0 Å². The van der Waals surface area contributed by atoms with Gasteiger partial charge in [0.15, 0.2) is 17.3 Å². The van der Waals surface area contributed by atoms with Crippen LogP contribution in [0.3, 0.4) is 0 Å². The number of dihydropyridines is 1. The van der Waals surface area contributed by atoms with Crippen LogP contribution >= 0.6 is 15.9 Å². The fourth-order valence-corrected chi connectivity index (χ4v) is 5.00. The largest absolute Gasteiger partial charge is 0.460 e. The number of carbonyl (C=O) groups excluding carboxylic acids is 2. The maximum atomic E-state index is 13.3. The van der Waals surface area contributed by atoms with Gasteiger partial charge in [0.05, 0.1) is 11.7 Å². The molecule has 0 spiro atoms. The van der Waals surface area contributed by atoms with E-state index >= 15 is 0 Å². The van der Waals surface area contributed by atoms with Gasteiger partial charge in [0.2, 0.25) is 6.79 Å². The molecule has 0 saturated carbocycles. The molecule has 1 aromatic rings. The summed E-state index contributed by atoms with van der Waals surface area (Å²) in [7, 11) is 0. The Labute approximate surface area is 184 Å². The monoisotopic (exact) mass is 475 g/mol. The number of nitrogens with one attached hydrogen (secondary N) is 1. The first-order valence-corrected chi connectivity index (χ1v) is 10.9. The minimum atomic E-state index is -0.542. The van der Waals surface area contributed by atoms with Gasteiger partial charge in [-0.1, -0.05) is 29.8 Å². The predicted octanol–water partition coefficient (Wildman–Crippen LogP) is 4.73. The zero-order valence-electron chi connectivity index (χ0n) is 17.8. The summed E-state index contributed by atoms with van der Waals surface area (Å²) in [5, 5.41) is 3.35. The Morgan fingerprint density at radius 3 is 2.57 bits per heavy atom. The van der Waals surface area contributed by atoms with Crippen molar-refractivity contribution in [2.75, 3.05) is 6.79 Å². The summed E-state index contributed by atoms with van der Waals surface area (Å²) in [6.45, 7) is 9.81. The number of benzene rings is 1. The van der Waals surface area contributed by atoms with Gasteiger partial charge in [0.1, 0.15) is 0 Å². The van der Waals surface area contributed by atoms with E-state index in [0.29, 0.717) is 34.8 Å². The number of rotatable bonds is 3. The van der Waals surface area contributed by atoms with E-state index < -0.39 is 11.9 Å². The number of ketones is 1. The van der Waals surface area contributed by atoms with Crippen molar-refractivity contribution >= 4 is 27.7 Å². The Morgan fingerprint density at radius 2 is 1.90 bits per heavy atom. The molecular weight excluding hydrogens is 450 g/mol. The van der Waals surface area contributed by atoms with Crippen molar-refractivity contribution in [3.8, 4) is 11.5 Å². The topological polar surface area (TPSA) is 73.9 Å². The third-order valence-electron chi connectivity index (χ3n) is 5.61. The normalized spacial score (nSPS) is 22.2. The van der Waals surface area contributed by atoms with Gasteiger partial charge in [-0.15, -0.1) is 0 Å². The van der Waals surface area contributed by atoms with Gasteiger partial charge in [-0.3, -0.25) is 4.79 Å². The summed E-state index contributed by atoms with van der Waals surface area (Å²) in [6, 6.07) is 3.69. The average Bonchev–Trinajstić information content (AvgIpc) is 3.04. The molecule has 0 aromatic heterocycles. The summed E-state index contributed by atoms with van der Waals surface area (Å²) >= 11 is 3.63. The average molecular weight is 476 g/mol. The second-order valence-electron chi connectivity index (χ2n) is 9.11.